The van der Waals surface area contributed by atoms with Crippen LogP contribution in [0.5, 0.6) is 5.75 Å². The van der Waals surface area contributed by atoms with E-state index in [1.807, 2.05) is 6.07 Å². The van der Waals surface area contributed by atoms with Gasteiger partial charge in [0.05, 0.1) is 11.6 Å². The Morgan fingerprint density at radius 1 is 1.38 bits per heavy atom. The van der Waals surface area contributed by atoms with Crippen molar-refractivity contribution in [3.05, 3.63) is 28.8 Å². The second-order valence-electron chi connectivity index (χ2n) is 3.02. The van der Waals surface area contributed by atoms with E-state index in [4.69, 9.17) is 5.26 Å². The highest BCUT2D eigenvalue weighted by molar-refractivity contribution is 6.03. The zero-order valence-corrected chi connectivity index (χ0v) is 6.87. The molecule has 1 aromatic carbocycles. The SMILES string of the molecule is N#Cc1ccc(O)c2c1C(=O)CC2. The summed E-state index contributed by atoms with van der Waals surface area (Å²) in [6, 6.07) is 4.90. The van der Waals surface area contributed by atoms with Crippen molar-refractivity contribution in [1.29, 1.82) is 5.26 Å². The molecule has 3 heteroatoms. The summed E-state index contributed by atoms with van der Waals surface area (Å²) in [5.41, 5.74) is 1.42. The number of fused-ring (bicyclic) bond motifs is 1. The number of rotatable bonds is 0. The fraction of sp³-hybridized carbons (Fsp3) is 0.200. The van der Waals surface area contributed by atoms with Crippen LogP contribution < -0.4 is 0 Å². The van der Waals surface area contributed by atoms with Crippen LogP contribution in [0.4, 0.5) is 0 Å². The predicted octanol–water partition coefficient (Wildman–Crippen LogP) is 1.39. The third kappa shape index (κ3) is 0.994. The summed E-state index contributed by atoms with van der Waals surface area (Å²) in [7, 11) is 0. The molecule has 0 spiro atoms. The number of Topliss-reactive ketones (excluding diaryl/α,β-unsaturated/α-hetero) is 1. The minimum atomic E-state index is -0.0394. The minimum Gasteiger partial charge on any atom is -0.508 e. The smallest absolute Gasteiger partial charge is 0.164 e. The summed E-state index contributed by atoms with van der Waals surface area (Å²) >= 11 is 0. The molecule has 1 aliphatic rings. The van der Waals surface area contributed by atoms with Gasteiger partial charge in [-0.15, -0.1) is 0 Å². The van der Waals surface area contributed by atoms with Crippen molar-refractivity contribution in [3.63, 3.8) is 0 Å². The standard InChI is InChI=1S/C10H7NO2/c11-5-6-1-3-8(12)7-2-4-9(13)10(6)7/h1,3,12H,2,4H2. The molecule has 2 rings (SSSR count). The highest BCUT2D eigenvalue weighted by Crippen LogP contribution is 2.31. The number of hydrogen-bond donors (Lipinski definition) is 1. The lowest BCUT2D eigenvalue weighted by atomic mass is 10.0. The summed E-state index contributed by atoms with van der Waals surface area (Å²) in [4.78, 5) is 11.3. The van der Waals surface area contributed by atoms with Gasteiger partial charge in [0, 0.05) is 17.5 Å². The molecular formula is C10H7NO2. The zero-order chi connectivity index (χ0) is 9.42. The number of phenols is 1. The van der Waals surface area contributed by atoms with E-state index < -0.39 is 0 Å². The van der Waals surface area contributed by atoms with E-state index in [0.29, 0.717) is 29.5 Å². The van der Waals surface area contributed by atoms with Gasteiger partial charge >= 0.3 is 0 Å². The zero-order valence-electron chi connectivity index (χ0n) is 6.87. The number of aromatic hydroxyl groups is 1. The normalized spacial score (nSPS) is 13.9. The third-order valence-corrected chi connectivity index (χ3v) is 2.29. The van der Waals surface area contributed by atoms with Gasteiger partial charge in [-0.05, 0) is 18.6 Å². The van der Waals surface area contributed by atoms with Crippen molar-refractivity contribution >= 4 is 5.78 Å². The van der Waals surface area contributed by atoms with E-state index in [9.17, 15) is 9.90 Å². The van der Waals surface area contributed by atoms with Crippen molar-refractivity contribution < 1.29 is 9.90 Å². The van der Waals surface area contributed by atoms with Gasteiger partial charge in [-0.1, -0.05) is 0 Å². The summed E-state index contributed by atoms with van der Waals surface area (Å²) in [6.45, 7) is 0. The van der Waals surface area contributed by atoms with Gasteiger partial charge in [0.2, 0.25) is 0 Å². The topological polar surface area (TPSA) is 61.1 Å². The fourth-order valence-electron chi connectivity index (χ4n) is 1.67. The molecular weight excluding hydrogens is 166 g/mol. The van der Waals surface area contributed by atoms with Gasteiger partial charge in [0.25, 0.3) is 0 Å². The van der Waals surface area contributed by atoms with Crippen molar-refractivity contribution in [2.45, 2.75) is 12.8 Å². The third-order valence-electron chi connectivity index (χ3n) is 2.29. The van der Waals surface area contributed by atoms with Crippen molar-refractivity contribution in [2.75, 3.05) is 0 Å². The highest BCUT2D eigenvalue weighted by atomic mass is 16.3. The van der Waals surface area contributed by atoms with Crippen molar-refractivity contribution in [3.8, 4) is 11.8 Å². The first kappa shape index (κ1) is 7.81. The summed E-state index contributed by atoms with van der Waals surface area (Å²) in [5, 5.41) is 18.1. The van der Waals surface area contributed by atoms with E-state index in [1.165, 1.54) is 12.1 Å². The predicted molar refractivity (Wildman–Crippen MR) is 45.5 cm³/mol. The average Bonchev–Trinajstić information content (AvgIpc) is 2.51. The molecule has 0 saturated heterocycles. The molecule has 0 bridgehead atoms. The lowest BCUT2D eigenvalue weighted by Gasteiger charge is -2.01. The number of ketones is 1. The molecule has 13 heavy (non-hydrogen) atoms. The lowest BCUT2D eigenvalue weighted by Crippen LogP contribution is -1.95. The molecule has 0 aliphatic heterocycles. The molecule has 1 aromatic rings. The summed E-state index contributed by atoms with van der Waals surface area (Å²) in [6.07, 6.45) is 0.955. The van der Waals surface area contributed by atoms with Crippen molar-refractivity contribution in [2.24, 2.45) is 0 Å². The van der Waals surface area contributed by atoms with E-state index in [1.54, 1.807) is 0 Å². The van der Waals surface area contributed by atoms with Gasteiger partial charge < -0.3 is 5.11 Å². The van der Waals surface area contributed by atoms with Crippen LogP contribution in [-0.4, -0.2) is 10.9 Å². The Kier molecular flexibility index (Phi) is 1.56. The Morgan fingerprint density at radius 2 is 2.15 bits per heavy atom. The molecule has 0 amide bonds. The van der Waals surface area contributed by atoms with Crippen LogP contribution in [0.2, 0.25) is 0 Å². The maximum atomic E-state index is 11.3. The molecule has 0 unspecified atom stereocenters. The van der Waals surface area contributed by atoms with Gasteiger partial charge in [0.15, 0.2) is 5.78 Å². The molecule has 1 N–H and O–H groups in total. The molecule has 0 atom stereocenters. The van der Waals surface area contributed by atoms with E-state index >= 15 is 0 Å². The van der Waals surface area contributed by atoms with Gasteiger partial charge in [-0.25, -0.2) is 0 Å². The Labute approximate surface area is 75.2 Å². The number of nitrogens with zero attached hydrogens (tertiary/aromatic N) is 1. The second-order valence-corrected chi connectivity index (χ2v) is 3.02. The molecule has 0 saturated carbocycles. The number of carbonyl (C=O) groups is 1. The van der Waals surface area contributed by atoms with Crippen molar-refractivity contribution in [1.82, 2.24) is 0 Å². The summed E-state index contributed by atoms with van der Waals surface area (Å²) in [5.74, 6) is 0.0855. The maximum Gasteiger partial charge on any atom is 0.164 e. The number of carbonyl (C=O) groups excluding carboxylic acids is 1. The molecule has 0 aromatic heterocycles. The highest BCUT2D eigenvalue weighted by Gasteiger charge is 2.25. The first-order valence-corrected chi connectivity index (χ1v) is 4.02. The Bertz CT molecular complexity index is 429. The van der Waals surface area contributed by atoms with Gasteiger partial charge in [0.1, 0.15) is 5.75 Å². The molecule has 1 aliphatic carbocycles. The van der Waals surface area contributed by atoms with Gasteiger partial charge in [-0.2, -0.15) is 5.26 Å². The number of benzene rings is 1. The Hall–Kier alpha value is -1.82. The van der Waals surface area contributed by atoms with Crippen LogP contribution in [0.25, 0.3) is 0 Å². The lowest BCUT2D eigenvalue weighted by molar-refractivity contribution is 0.0994. The van der Waals surface area contributed by atoms with Crippen LogP contribution >= 0.6 is 0 Å². The first-order chi connectivity index (χ1) is 6.24. The monoisotopic (exact) mass is 173 g/mol. The van der Waals surface area contributed by atoms with E-state index in [2.05, 4.69) is 0 Å². The first-order valence-electron chi connectivity index (χ1n) is 4.02. The average molecular weight is 173 g/mol. The second kappa shape index (κ2) is 2.60. The number of phenolic OH excluding ortho intramolecular Hbond substituents is 1. The number of hydrogen-bond acceptors (Lipinski definition) is 3. The fourth-order valence-corrected chi connectivity index (χ4v) is 1.67. The molecule has 0 heterocycles. The Morgan fingerprint density at radius 3 is 2.85 bits per heavy atom. The van der Waals surface area contributed by atoms with Crippen LogP contribution in [0.3, 0.4) is 0 Å². The van der Waals surface area contributed by atoms with Crippen LogP contribution in [-0.2, 0) is 6.42 Å². The molecule has 0 fully saturated rings. The van der Waals surface area contributed by atoms with Gasteiger partial charge in [-0.3, -0.25) is 4.79 Å². The molecule has 64 valence electrons. The van der Waals surface area contributed by atoms with Crippen LogP contribution in [0.15, 0.2) is 12.1 Å². The van der Waals surface area contributed by atoms with E-state index in [0.717, 1.165) is 0 Å². The molecule has 0 radical (unpaired) electrons. The largest absolute Gasteiger partial charge is 0.508 e. The summed E-state index contributed by atoms with van der Waals surface area (Å²) < 4.78 is 0. The molecule has 3 nitrogen and oxygen atoms in total. The number of nitriles is 1. The minimum absolute atomic E-state index is 0.0394. The van der Waals surface area contributed by atoms with E-state index in [-0.39, 0.29) is 11.5 Å². The Balaban J connectivity index is 2.75. The van der Waals surface area contributed by atoms with Crippen LogP contribution in [0, 0.1) is 11.3 Å². The maximum absolute atomic E-state index is 11.3. The van der Waals surface area contributed by atoms with Crippen LogP contribution in [0.1, 0.15) is 27.9 Å². The quantitative estimate of drug-likeness (QED) is 0.644.